The highest BCUT2D eigenvalue weighted by atomic mass is 79.9. The molecule has 0 aliphatic heterocycles. The summed E-state index contributed by atoms with van der Waals surface area (Å²) in [6.07, 6.45) is 0.942. The number of rotatable bonds is 4. The molecule has 0 amide bonds. The van der Waals surface area contributed by atoms with Gasteiger partial charge in [0, 0.05) is 12.1 Å². The Morgan fingerprint density at radius 2 is 2.17 bits per heavy atom. The van der Waals surface area contributed by atoms with E-state index in [1.165, 1.54) is 6.07 Å². The topological polar surface area (TPSA) is 56.7 Å². The lowest BCUT2D eigenvalue weighted by Crippen LogP contribution is -2.09. The van der Waals surface area contributed by atoms with Crippen molar-refractivity contribution in [2.24, 2.45) is 5.73 Å². The largest absolute Gasteiger partial charge is 0.324 e. The minimum absolute atomic E-state index is 0.312. The first-order valence-corrected chi connectivity index (χ1v) is 6.54. The van der Waals surface area contributed by atoms with Gasteiger partial charge >= 0.3 is 0 Å². The van der Waals surface area contributed by atoms with Crippen LogP contribution in [-0.2, 0) is 13.1 Å². The third-order valence-corrected chi connectivity index (χ3v) is 3.28. The van der Waals surface area contributed by atoms with E-state index in [4.69, 9.17) is 5.73 Å². The fourth-order valence-electron chi connectivity index (χ4n) is 1.79. The predicted molar refractivity (Wildman–Crippen MR) is 71.3 cm³/mol. The quantitative estimate of drug-likeness (QED) is 0.944. The van der Waals surface area contributed by atoms with E-state index in [1.807, 2.05) is 10.6 Å². The van der Waals surface area contributed by atoms with Gasteiger partial charge in [-0.3, -0.25) is 0 Å². The van der Waals surface area contributed by atoms with Crippen molar-refractivity contribution in [1.29, 1.82) is 0 Å². The first kappa shape index (κ1) is 13.2. The molecule has 0 bridgehead atoms. The van der Waals surface area contributed by atoms with E-state index in [9.17, 15) is 4.39 Å². The van der Waals surface area contributed by atoms with Gasteiger partial charge < -0.3 is 10.3 Å². The molecule has 0 saturated heterocycles. The van der Waals surface area contributed by atoms with Gasteiger partial charge in [-0.2, -0.15) is 0 Å². The van der Waals surface area contributed by atoms with Crippen LogP contribution in [0, 0.1) is 5.82 Å². The van der Waals surface area contributed by atoms with Gasteiger partial charge in [-0.25, -0.2) is 4.39 Å². The third kappa shape index (κ3) is 2.44. The molecular weight excluding hydrogens is 299 g/mol. The molecular formula is C12H14BrFN4. The Kier molecular flexibility index (Phi) is 4.08. The van der Waals surface area contributed by atoms with Crippen LogP contribution in [0.15, 0.2) is 22.7 Å². The average molecular weight is 313 g/mol. The Morgan fingerprint density at radius 3 is 2.78 bits per heavy atom. The first-order chi connectivity index (χ1) is 8.67. The highest BCUT2D eigenvalue weighted by Crippen LogP contribution is 2.24. The second kappa shape index (κ2) is 5.58. The summed E-state index contributed by atoms with van der Waals surface area (Å²) in [5.41, 5.74) is 6.33. The first-order valence-electron chi connectivity index (χ1n) is 5.75. The fourth-order valence-corrected chi connectivity index (χ4v) is 2.04. The summed E-state index contributed by atoms with van der Waals surface area (Å²) in [5.74, 6) is 1.06. The van der Waals surface area contributed by atoms with E-state index in [2.05, 4.69) is 33.1 Å². The van der Waals surface area contributed by atoms with Crippen LogP contribution in [0.1, 0.15) is 19.2 Å². The molecule has 0 saturated carbocycles. The molecule has 4 nitrogen and oxygen atoms in total. The van der Waals surface area contributed by atoms with Crippen molar-refractivity contribution in [3.8, 4) is 11.4 Å². The average Bonchev–Trinajstić information content (AvgIpc) is 2.76. The van der Waals surface area contributed by atoms with Crippen molar-refractivity contribution in [3.63, 3.8) is 0 Å². The number of halogens is 2. The van der Waals surface area contributed by atoms with Crippen molar-refractivity contribution in [2.75, 3.05) is 0 Å². The molecule has 0 unspecified atom stereocenters. The Balaban J connectivity index is 2.49. The number of nitrogens with zero attached hydrogens (tertiary/aromatic N) is 3. The molecule has 0 aliphatic rings. The summed E-state index contributed by atoms with van der Waals surface area (Å²) >= 11 is 3.13. The number of benzene rings is 1. The number of aromatic nitrogens is 3. The molecule has 0 atom stereocenters. The van der Waals surface area contributed by atoms with Crippen molar-refractivity contribution in [1.82, 2.24) is 14.8 Å². The van der Waals surface area contributed by atoms with Crippen LogP contribution in [0.2, 0.25) is 0 Å². The molecule has 2 rings (SSSR count). The lowest BCUT2D eigenvalue weighted by atomic mass is 10.2. The molecule has 2 N–H and O–H groups in total. The normalized spacial score (nSPS) is 10.9. The van der Waals surface area contributed by atoms with Gasteiger partial charge in [0.2, 0.25) is 0 Å². The maximum Gasteiger partial charge on any atom is 0.164 e. The zero-order chi connectivity index (χ0) is 13.1. The number of nitrogens with two attached hydrogens (primary N) is 1. The second-order valence-electron chi connectivity index (χ2n) is 3.92. The summed E-state index contributed by atoms with van der Waals surface area (Å²) < 4.78 is 15.9. The maximum absolute atomic E-state index is 13.5. The van der Waals surface area contributed by atoms with Crippen LogP contribution < -0.4 is 5.73 Å². The molecule has 0 aliphatic carbocycles. The smallest absolute Gasteiger partial charge is 0.164 e. The minimum atomic E-state index is -0.312. The Morgan fingerprint density at radius 1 is 1.39 bits per heavy atom. The van der Waals surface area contributed by atoms with E-state index in [-0.39, 0.29) is 5.82 Å². The van der Waals surface area contributed by atoms with Gasteiger partial charge in [-0.1, -0.05) is 6.92 Å². The summed E-state index contributed by atoms with van der Waals surface area (Å²) in [5, 5.41) is 8.13. The molecule has 18 heavy (non-hydrogen) atoms. The Labute approximate surface area is 113 Å². The highest BCUT2D eigenvalue weighted by molar-refractivity contribution is 9.10. The SMILES string of the molecule is CCCn1c(CN)nnc1-c1ccc(Br)c(F)c1. The predicted octanol–water partition coefficient (Wildman–Crippen LogP) is 2.72. The van der Waals surface area contributed by atoms with E-state index in [0.29, 0.717) is 22.4 Å². The molecule has 0 fully saturated rings. The Hall–Kier alpha value is -1.27. The minimum Gasteiger partial charge on any atom is -0.324 e. The van der Waals surface area contributed by atoms with Gasteiger partial charge in [0.05, 0.1) is 11.0 Å². The highest BCUT2D eigenvalue weighted by Gasteiger charge is 2.13. The van der Waals surface area contributed by atoms with Gasteiger partial charge in [0.15, 0.2) is 5.82 Å². The molecule has 1 aromatic carbocycles. The summed E-state index contributed by atoms with van der Waals surface area (Å²) in [7, 11) is 0. The van der Waals surface area contributed by atoms with Gasteiger partial charge in [0.1, 0.15) is 11.6 Å². The molecule has 6 heteroatoms. The zero-order valence-corrected chi connectivity index (χ0v) is 11.6. The zero-order valence-electron chi connectivity index (χ0n) is 10.0. The standard InChI is InChI=1S/C12H14BrFN4/c1-2-5-18-11(7-15)16-17-12(18)8-3-4-9(13)10(14)6-8/h3-4,6H,2,5,7,15H2,1H3. The monoisotopic (exact) mass is 312 g/mol. The molecule has 2 aromatic rings. The fraction of sp³-hybridized carbons (Fsp3) is 0.333. The van der Waals surface area contributed by atoms with E-state index >= 15 is 0 Å². The van der Waals surface area contributed by atoms with E-state index in [1.54, 1.807) is 6.07 Å². The van der Waals surface area contributed by atoms with Gasteiger partial charge in [0.25, 0.3) is 0 Å². The maximum atomic E-state index is 13.5. The number of hydrogen-bond donors (Lipinski definition) is 1. The van der Waals surface area contributed by atoms with Gasteiger partial charge in [-0.15, -0.1) is 10.2 Å². The van der Waals surface area contributed by atoms with Crippen molar-refractivity contribution < 1.29 is 4.39 Å². The summed E-state index contributed by atoms with van der Waals surface area (Å²) in [4.78, 5) is 0. The van der Waals surface area contributed by atoms with Crippen LogP contribution in [0.25, 0.3) is 11.4 Å². The lowest BCUT2D eigenvalue weighted by Gasteiger charge is -2.08. The van der Waals surface area contributed by atoms with Crippen molar-refractivity contribution in [3.05, 3.63) is 34.3 Å². The van der Waals surface area contributed by atoms with Crippen LogP contribution in [0.3, 0.4) is 0 Å². The number of hydrogen-bond acceptors (Lipinski definition) is 3. The summed E-state index contributed by atoms with van der Waals surface area (Å²) in [6, 6.07) is 4.92. The molecule has 96 valence electrons. The van der Waals surface area contributed by atoms with Crippen molar-refractivity contribution in [2.45, 2.75) is 26.4 Å². The molecule has 1 heterocycles. The Bertz CT molecular complexity index is 553. The third-order valence-electron chi connectivity index (χ3n) is 2.63. The second-order valence-corrected chi connectivity index (χ2v) is 4.78. The lowest BCUT2D eigenvalue weighted by molar-refractivity contribution is 0.619. The molecule has 0 spiro atoms. The summed E-state index contributed by atoms with van der Waals surface area (Å²) in [6.45, 7) is 3.16. The van der Waals surface area contributed by atoms with Crippen LogP contribution in [0.4, 0.5) is 4.39 Å². The molecule has 0 radical (unpaired) electrons. The van der Waals surface area contributed by atoms with E-state index < -0.39 is 0 Å². The van der Waals surface area contributed by atoms with E-state index in [0.717, 1.165) is 18.8 Å². The van der Waals surface area contributed by atoms with Crippen LogP contribution in [0.5, 0.6) is 0 Å². The van der Waals surface area contributed by atoms with Crippen LogP contribution >= 0.6 is 15.9 Å². The molecule has 1 aromatic heterocycles. The van der Waals surface area contributed by atoms with Crippen LogP contribution in [-0.4, -0.2) is 14.8 Å². The van der Waals surface area contributed by atoms with Gasteiger partial charge in [-0.05, 0) is 40.5 Å². The van der Waals surface area contributed by atoms with Crippen molar-refractivity contribution >= 4 is 15.9 Å².